The summed E-state index contributed by atoms with van der Waals surface area (Å²) in [4.78, 5) is 0. The molecule has 0 bridgehead atoms. The largest absolute Gasteiger partial charge is 0.392 e. The number of epoxide rings is 1. The molecule has 80 valence electrons. The van der Waals surface area contributed by atoms with Crippen molar-refractivity contribution in [1.29, 1.82) is 0 Å². The number of hydrogen-bond acceptors (Lipinski definition) is 2. The molecule has 1 aliphatic rings. The van der Waals surface area contributed by atoms with Crippen LogP contribution in [-0.2, 0) is 4.74 Å². The highest BCUT2D eigenvalue weighted by molar-refractivity contribution is 6.20. The molecule has 2 unspecified atom stereocenters. The Bertz CT molecular complexity index is 107. The van der Waals surface area contributed by atoms with Crippen LogP contribution in [-0.4, -0.2) is 29.3 Å². The van der Waals surface area contributed by atoms with E-state index in [4.69, 9.17) is 21.4 Å². The highest BCUT2D eigenvalue weighted by Crippen LogP contribution is 2.18. The Morgan fingerprint density at radius 2 is 1.62 bits per heavy atom. The minimum atomic E-state index is 0.0833. The molecule has 2 nitrogen and oxygen atoms in total. The number of aliphatic hydroxyl groups is 1. The van der Waals surface area contributed by atoms with E-state index in [-0.39, 0.29) is 6.61 Å². The van der Waals surface area contributed by atoms with E-state index in [0.717, 1.165) is 0 Å². The Morgan fingerprint density at radius 3 is 1.62 bits per heavy atom. The van der Waals surface area contributed by atoms with Crippen LogP contribution in [0.1, 0.15) is 27.7 Å². The average Bonchev–Trinajstić information content (AvgIpc) is 2.64. The summed E-state index contributed by atoms with van der Waals surface area (Å²) in [6.45, 7) is 11.3. The van der Waals surface area contributed by atoms with Gasteiger partial charge >= 0.3 is 0 Å². The van der Waals surface area contributed by atoms with E-state index >= 15 is 0 Å². The SMILES string of the molecule is C=CCO.CC(C)Cl.CC1OC1C. The van der Waals surface area contributed by atoms with Crippen molar-refractivity contribution in [3.05, 3.63) is 12.7 Å². The first-order valence-electron chi connectivity index (χ1n) is 4.47. The lowest BCUT2D eigenvalue weighted by molar-refractivity contribution is 0.343. The zero-order valence-electron chi connectivity index (χ0n) is 8.96. The molecule has 1 rings (SSSR count). The third-order valence-electron chi connectivity index (χ3n) is 1.14. The van der Waals surface area contributed by atoms with Crippen molar-refractivity contribution in [1.82, 2.24) is 0 Å². The molecule has 0 saturated carbocycles. The van der Waals surface area contributed by atoms with Gasteiger partial charge in [0.05, 0.1) is 18.8 Å². The number of ether oxygens (including phenoxy) is 1. The van der Waals surface area contributed by atoms with Crippen LogP contribution in [0.4, 0.5) is 0 Å². The third-order valence-corrected chi connectivity index (χ3v) is 1.14. The minimum absolute atomic E-state index is 0.0833. The van der Waals surface area contributed by atoms with Gasteiger partial charge in [-0.3, -0.25) is 0 Å². The lowest BCUT2D eigenvalue weighted by Gasteiger charge is -1.76. The normalized spacial score (nSPS) is 23.6. The number of hydrogen-bond donors (Lipinski definition) is 1. The zero-order chi connectivity index (χ0) is 10.9. The Balaban J connectivity index is 0. The molecule has 3 heteroatoms. The summed E-state index contributed by atoms with van der Waals surface area (Å²) in [5.41, 5.74) is 0. The molecular weight excluding hydrogens is 188 g/mol. The number of rotatable bonds is 1. The van der Waals surface area contributed by atoms with Gasteiger partial charge in [-0.15, -0.1) is 18.2 Å². The van der Waals surface area contributed by atoms with Crippen LogP contribution in [0, 0.1) is 0 Å². The number of halogens is 1. The van der Waals surface area contributed by atoms with Gasteiger partial charge in [0.2, 0.25) is 0 Å². The standard InChI is InChI=1S/C4H8O.C3H7Cl.C3H6O/c1-3-4(2)5-3;1-3(2)4;1-2-3-4/h3-4H,1-2H3;3H,1-2H3;2,4H,1,3H2. The van der Waals surface area contributed by atoms with Crippen molar-refractivity contribution in [3.63, 3.8) is 0 Å². The van der Waals surface area contributed by atoms with Gasteiger partial charge in [-0.25, -0.2) is 0 Å². The van der Waals surface area contributed by atoms with Gasteiger partial charge in [0.25, 0.3) is 0 Å². The summed E-state index contributed by atoms with van der Waals surface area (Å²) in [6, 6.07) is 0. The van der Waals surface area contributed by atoms with Gasteiger partial charge in [-0.2, -0.15) is 0 Å². The molecule has 13 heavy (non-hydrogen) atoms. The number of alkyl halides is 1. The van der Waals surface area contributed by atoms with Crippen molar-refractivity contribution in [2.75, 3.05) is 6.61 Å². The second-order valence-electron chi connectivity index (χ2n) is 3.03. The predicted molar refractivity (Wildman–Crippen MR) is 58.3 cm³/mol. The van der Waals surface area contributed by atoms with E-state index in [0.29, 0.717) is 17.6 Å². The van der Waals surface area contributed by atoms with Crippen LogP contribution < -0.4 is 0 Å². The topological polar surface area (TPSA) is 32.8 Å². The highest BCUT2D eigenvalue weighted by atomic mass is 35.5. The molecular formula is C10H21ClO2. The average molecular weight is 209 g/mol. The van der Waals surface area contributed by atoms with Gasteiger partial charge in [0.1, 0.15) is 0 Å². The molecule has 0 aromatic carbocycles. The van der Waals surface area contributed by atoms with Crippen LogP contribution in [0.25, 0.3) is 0 Å². The Labute approximate surface area is 86.6 Å². The molecule has 1 heterocycles. The van der Waals surface area contributed by atoms with Crippen LogP contribution in [0.2, 0.25) is 0 Å². The van der Waals surface area contributed by atoms with Crippen LogP contribution >= 0.6 is 11.6 Å². The molecule has 0 amide bonds. The van der Waals surface area contributed by atoms with E-state index in [1.807, 2.05) is 13.8 Å². The van der Waals surface area contributed by atoms with Gasteiger partial charge in [-0.1, -0.05) is 6.08 Å². The maximum absolute atomic E-state index is 7.76. The Morgan fingerprint density at radius 1 is 1.46 bits per heavy atom. The zero-order valence-corrected chi connectivity index (χ0v) is 9.71. The second kappa shape index (κ2) is 10.0. The summed E-state index contributed by atoms with van der Waals surface area (Å²) >= 11 is 5.27. The molecule has 2 atom stereocenters. The van der Waals surface area contributed by atoms with Crippen molar-refractivity contribution in [3.8, 4) is 0 Å². The summed E-state index contributed by atoms with van der Waals surface area (Å²) in [5.74, 6) is 0. The maximum atomic E-state index is 7.76. The molecule has 0 aromatic rings. The predicted octanol–water partition coefficient (Wildman–Crippen LogP) is 2.59. The molecule has 0 radical (unpaired) electrons. The van der Waals surface area contributed by atoms with E-state index in [1.54, 1.807) is 0 Å². The lowest BCUT2D eigenvalue weighted by atomic mass is 10.4. The molecule has 0 spiro atoms. The van der Waals surface area contributed by atoms with Gasteiger partial charge < -0.3 is 9.84 Å². The van der Waals surface area contributed by atoms with E-state index in [2.05, 4.69) is 20.4 Å². The second-order valence-corrected chi connectivity index (χ2v) is 3.90. The minimum Gasteiger partial charge on any atom is -0.392 e. The molecule has 0 aliphatic carbocycles. The van der Waals surface area contributed by atoms with Crippen molar-refractivity contribution in [2.24, 2.45) is 0 Å². The maximum Gasteiger partial charge on any atom is 0.0811 e. The van der Waals surface area contributed by atoms with Crippen molar-refractivity contribution in [2.45, 2.75) is 45.3 Å². The number of aliphatic hydroxyl groups excluding tert-OH is 1. The fourth-order valence-electron chi connectivity index (χ4n) is 0.293. The molecule has 0 aromatic heterocycles. The first-order chi connectivity index (χ1) is 5.95. The summed E-state index contributed by atoms with van der Waals surface area (Å²) in [5, 5.41) is 8.06. The van der Waals surface area contributed by atoms with Gasteiger partial charge in [-0.05, 0) is 27.7 Å². The van der Waals surface area contributed by atoms with Gasteiger partial charge in [0, 0.05) is 5.38 Å². The Kier molecular flexibility index (Phi) is 11.9. The molecule has 1 N–H and O–H groups in total. The van der Waals surface area contributed by atoms with E-state index in [1.165, 1.54) is 6.08 Å². The molecule has 1 saturated heterocycles. The van der Waals surface area contributed by atoms with E-state index < -0.39 is 0 Å². The van der Waals surface area contributed by atoms with Crippen molar-refractivity contribution < 1.29 is 9.84 Å². The quantitative estimate of drug-likeness (QED) is 0.408. The Hall–Kier alpha value is -0.0500. The molecule has 1 aliphatic heterocycles. The monoisotopic (exact) mass is 208 g/mol. The van der Waals surface area contributed by atoms with Crippen LogP contribution in [0.5, 0.6) is 0 Å². The van der Waals surface area contributed by atoms with Crippen LogP contribution in [0.3, 0.4) is 0 Å². The molecule has 1 fully saturated rings. The fraction of sp³-hybridized carbons (Fsp3) is 0.800. The summed E-state index contributed by atoms with van der Waals surface area (Å²) < 4.78 is 4.92. The first-order valence-corrected chi connectivity index (χ1v) is 4.90. The summed E-state index contributed by atoms with van der Waals surface area (Å²) in [6.07, 6.45) is 2.53. The third kappa shape index (κ3) is 24.5. The lowest BCUT2D eigenvalue weighted by Crippen LogP contribution is -1.74. The highest BCUT2D eigenvalue weighted by Gasteiger charge is 2.27. The summed E-state index contributed by atoms with van der Waals surface area (Å²) in [7, 11) is 0. The fourth-order valence-corrected chi connectivity index (χ4v) is 0.293. The smallest absolute Gasteiger partial charge is 0.0811 e. The van der Waals surface area contributed by atoms with Crippen molar-refractivity contribution >= 4 is 11.6 Å². The van der Waals surface area contributed by atoms with Gasteiger partial charge in [0.15, 0.2) is 0 Å². The van der Waals surface area contributed by atoms with Crippen LogP contribution in [0.15, 0.2) is 12.7 Å². The van der Waals surface area contributed by atoms with E-state index in [9.17, 15) is 0 Å². The first kappa shape index (κ1) is 15.4.